The lowest BCUT2D eigenvalue weighted by Crippen LogP contribution is -2.50. The van der Waals surface area contributed by atoms with Crippen molar-refractivity contribution in [2.45, 2.75) is 118 Å². The second-order valence-electron chi connectivity index (χ2n) is 14.0. The Bertz CT molecular complexity index is 1010. The van der Waals surface area contributed by atoms with Crippen LogP contribution in [0.2, 0.25) is 0 Å². The van der Waals surface area contributed by atoms with Crippen molar-refractivity contribution < 1.29 is 19.1 Å². The van der Waals surface area contributed by atoms with Crippen molar-refractivity contribution in [2.75, 3.05) is 6.54 Å². The number of hydrogen-bond acceptors (Lipinski definition) is 4. The van der Waals surface area contributed by atoms with Gasteiger partial charge in [0.05, 0.1) is 5.76 Å². The molecule has 4 aliphatic carbocycles. The molecule has 5 nitrogen and oxygen atoms in total. The molecule has 206 valence electrons. The van der Waals surface area contributed by atoms with Gasteiger partial charge in [-0.15, -0.1) is 0 Å². The zero-order chi connectivity index (χ0) is 26.8. The number of nitrogens with one attached hydrogen (secondary N) is 1. The summed E-state index contributed by atoms with van der Waals surface area (Å²) < 4.78 is 12.5. The highest BCUT2D eigenvalue weighted by Gasteiger charge is 2.67. The number of amides is 1. The molecule has 0 aromatic heterocycles. The second-order valence-corrected chi connectivity index (χ2v) is 14.0. The molecule has 1 N–H and O–H groups in total. The van der Waals surface area contributed by atoms with Crippen molar-refractivity contribution in [3.05, 3.63) is 23.0 Å². The summed E-state index contributed by atoms with van der Waals surface area (Å²) in [5.74, 6) is 4.22. The Morgan fingerprint density at radius 3 is 2.62 bits per heavy atom. The third-order valence-corrected chi connectivity index (χ3v) is 11.5. The van der Waals surface area contributed by atoms with E-state index in [1.807, 2.05) is 0 Å². The number of ether oxygens (including phenoxy) is 2. The fraction of sp³-hybridized carbons (Fsp3) is 0.812. The van der Waals surface area contributed by atoms with E-state index >= 15 is 0 Å². The lowest BCUT2D eigenvalue weighted by Gasteiger charge is -2.58. The summed E-state index contributed by atoms with van der Waals surface area (Å²) in [4.78, 5) is 22.9. The van der Waals surface area contributed by atoms with Gasteiger partial charge in [-0.25, -0.2) is 0 Å². The van der Waals surface area contributed by atoms with E-state index in [1.165, 1.54) is 37.5 Å². The van der Waals surface area contributed by atoms with Crippen LogP contribution in [-0.2, 0) is 19.1 Å². The van der Waals surface area contributed by atoms with Crippen LogP contribution in [0.15, 0.2) is 23.0 Å². The summed E-state index contributed by atoms with van der Waals surface area (Å²) in [6.45, 7) is 15.9. The van der Waals surface area contributed by atoms with Crippen LogP contribution in [0.3, 0.4) is 0 Å². The summed E-state index contributed by atoms with van der Waals surface area (Å²) in [6.07, 6.45) is 12.6. The minimum absolute atomic E-state index is 0.0481. The molecular formula is C32H49NO4. The molecule has 5 rings (SSSR count). The van der Waals surface area contributed by atoms with Crippen molar-refractivity contribution in [3.63, 3.8) is 0 Å². The van der Waals surface area contributed by atoms with E-state index < -0.39 is 0 Å². The van der Waals surface area contributed by atoms with Crippen LogP contribution in [0.4, 0.5) is 0 Å². The number of hydrogen-bond donors (Lipinski definition) is 1. The zero-order valence-corrected chi connectivity index (χ0v) is 24.2. The van der Waals surface area contributed by atoms with Crippen molar-refractivity contribution in [2.24, 2.45) is 40.4 Å². The summed E-state index contributed by atoms with van der Waals surface area (Å²) in [5.41, 5.74) is 3.51. The first-order valence-corrected chi connectivity index (χ1v) is 14.9. The van der Waals surface area contributed by atoms with Gasteiger partial charge in [0.2, 0.25) is 5.91 Å². The van der Waals surface area contributed by atoms with Gasteiger partial charge in [-0.05, 0) is 98.9 Å². The lowest BCUT2D eigenvalue weighted by molar-refractivity contribution is -0.148. The van der Waals surface area contributed by atoms with Crippen LogP contribution >= 0.6 is 0 Å². The Hall–Kier alpha value is -1.78. The van der Waals surface area contributed by atoms with Crippen molar-refractivity contribution >= 4 is 11.9 Å². The molecule has 0 aromatic carbocycles. The Kier molecular flexibility index (Phi) is 6.85. The van der Waals surface area contributed by atoms with Gasteiger partial charge in [0.25, 0.3) is 0 Å². The smallest absolute Gasteiger partial charge is 0.302 e. The molecular weight excluding hydrogens is 462 g/mol. The molecule has 1 amide bonds. The average Bonchev–Trinajstić information content (AvgIpc) is 3.22. The molecule has 3 saturated carbocycles. The molecule has 1 aliphatic heterocycles. The topological polar surface area (TPSA) is 64.6 Å². The monoisotopic (exact) mass is 511 g/mol. The zero-order valence-electron chi connectivity index (χ0n) is 24.2. The lowest BCUT2D eigenvalue weighted by atomic mass is 9.47. The Balaban J connectivity index is 1.32. The first-order valence-electron chi connectivity index (χ1n) is 14.9. The Labute approximate surface area is 224 Å². The van der Waals surface area contributed by atoms with Crippen LogP contribution in [0.25, 0.3) is 0 Å². The van der Waals surface area contributed by atoms with Crippen molar-refractivity contribution in [3.8, 4) is 0 Å². The van der Waals surface area contributed by atoms with E-state index in [1.54, 1.807) is 12.5 Å². The maximum Gasteiger partial charge on any atom is 0.302 e. The van der Waals surface area contributed by atoms with E-state index in [0.717, 1.165) is 56.9 Å². The molecule has 0 aromatic rings. The highest BCUT2D eigenvalue weighted by Crippen LogP contribution is 2.71. The minimum atomic E-state index is -0.146. The summed E-state index contributed by atoms with van der Waals surface area (Å²) in [6, 6.07) is 0. The first kappa shape index (κ1) is 26.8. The number of carbonyl (C=O) groups is 2. The summed E-state index contributed by atoms with van der Waals surface area (Å²) in [7, 11) is 0. The molecule has 0 unspecified atom stereocenters. The predicted octanol–water partition coefficient (Wildman–Crippen LogP) is 6.72. The van der Waals surface area contributed by atoms with Gasteiger partial charge in [0.1, 0.15) is 11.7 Å². The van der Waals surface area contributed by atoms with Gasteiger partial charge in [-0.1, -0.05) is 32.4 Å². The maximum atomic E-state index is 11.6. The molecule has 0 saturated heterocycles. The average molecular weight is 512 g/mol. The SMILES string of the molecule is CC(=O)NC[C@H](C)CCC1=C(C)[C@H]2[C@]3(C)CC[C@@H]4[C@H](CC=C5C[C@@H](OC(C)=O)CC[C@@]54C)[C@@H]3C[C@@]2(C)O1. The predicted molar refractivity (Wildman–Crippen MR) is 145 cm³/mol. The van der Waals surface area contributed by atoms with Gasteiger partial charge >= 0.3 is 5.97 Å². The van der Waals surface area contributed by atoms with Crippen LogP contribution < -0.4 is 5.32 Å². The van der Waals surface area contributed by atoms with Crippen molar-refractivity contribution in [1.82, 2.24) is 5.32 Å². The van der Waals surface area contributed by atoms with E-state index in [4.69, 9.17) is 9.47 Å². The first-order chi connectivity index (χ1) is 17.4. The highest BCUT2D eigenvalue weighted by atomic mass is 16.5. The maximum absolute atomic E-state index is 11.6. The Morgan fingerprint density at radius 1 is 1.16 bits per heavy atom. The number of carbonyl (C=O) groups excluding carboxylic acids is 2. The molecule has 1 heterocycles. The molecule has 37 heavy (non-hydrogen) atoms. The minimum Gasteiger partial charge on any atom is -0.491 e. The molecule has 0 bridgehead atoms. The van der Waals surface area contributed by atoms with Crippen LogP contribution in [0.1, 0.15) is 106 Å². The molecule has 5 aliphatic rings. The van der Waals surface area contributed by atoms with E-state index in [9.17, 15) is 9.59 Å². The third kappa shape index (κ3) is 4.46. The van der Waals surface area contributed by atoms with Gasteiger partial charge < -0.3 is 14.8 Å². The van der Waals surface area contributed by atoms with E-state index in [0.29, 0.717) is 23.2 Å². The number of rotatable bonds is 6. The molecule has 9 atom stereocenters. The van der Waals surface area contributed by atoms with Crippen LogP contribution in [0.5, 0.6) is 0 Å². The summed E-state index contributed by atoms with van der Waals surface area (Å²) in [5, 5.41) is 2.96. The van der Waals surface area contributed by atoms with Gasteiger partial charge in [0.15, 0.2) is 0 Å². The van der Waals surface area contributed by atoms with Crippen LogP contribution in [-0.4, -0.2) is 30.1 Å². The number of fused-ring (bicyclic) bond motifs is 7. The number of allylic oxidation sites excluding steroid dienone is 2. The Morgan fingerprint density at radius 2 is 1.92 bits per heavy atom. The van der Waals surface area contributed by atoms with Gasteiger partial charge in [-0.3, -0.25) is 9.59 Å². The van der Waals surface area contributed by atoms with Gasteiger partial charge in [-0.2, -0.15) is 0 Å². The van der Waals surface area contributed by atoms with E-state index in [-0.39, 0.29) is 29.0 Å². The van der Waals surface area contributed by atoms with Crippen LogP contribution in [0, 0.1) is 40.4 Å². The molecule has 5 heteroatoms. The quantitative estimate of drug-likeness (QED) is 0.317. The molecule has 0 radical (unpaired) electrons. The fourth-order valence-corrected chi connectivity index (χ4v) is 9.93. The third-order valence-electron chi connectivity index (χ3n) is 11.5. The molecule has 0 spiro atoms. The van der Waals surface area contributed by atoms with E-state index in [2.05, 4.69) is 46.0 Å². The standard InChI is InChI=1S/C32H49NO4/c1-19(18-33-21(3)34)8-11-28-20(2)29-31(6)15-13-26-25(27(31)17-32(29,7)37-28)10-9-23-16-24(36-22(4)35)12-14-30(23,26)5/h9,19,24-27,29H,8,10-18H2,1-7H3,(H,33,34)/t19-,24+,25+,26-,27+,29+,30+,31-,32-/m1/s1. The normalized spacial score (nSPS) is 43.0. The van der Waals surface area contributed by atoms with Crippen molar-refractivity contribution in [1.29, 1.82) is 0 Å². The van der Waals surface area contributed by atoms with Gasteiger partial charge in [0, 0.05) is 39.2 Å². The largest absolute Gasteiger partial charge is 0.491 e. The second kappa shape index (κ2) is 9.45. The molecule has 3 fully saturated rings. The number of esters is 1. The fourth-order valence-electron chi connectivity index (χ4n) is 9.93. The summed E-state index contributed by atoms with van der Waals surface area (Å²) >= 11 is 0. The highest BCUT2D eigenvalue weighted by molar-refractivity contribution is 5.72.